The third-order valence-electron chi connectivity index (χ3n) is 3.31. The molecule has 0 spiro atoms. The Morgan fingerprint density at radius 2 is 2.18 bits per heavy atom. The molecule has 1 atom stereocenters. The maximum Gasteiger partial charge on any atom is 0.320 e. The monoisotopic (exact) mass is 235 g/mol. The number of nitrogens with zero attached hydrogens (tertiary/aromatic N) is 1. The van der Waals surface area contributed by atoms with Crippen molar-refractivity contribution in [3.8, 4) is 5.75 Å². The molecule has 0 aromatic heterocycles. The first kappa shape index (κ1) is 11.9. The van der Waals surface area contributed by atoms with Gasteiger partial charge in [-0.2, -0.15) is 0 Å². The number of phenols is 1. The highest BCUT2D eigenvalue weighted by Crippen LogP contribution is 2.20. The molecule has 1 aliphatic rings. The van der Waals surface area contributed by atoms with Gasteiger partial charge in [0.2, 0.25) is 0 Å². The Bertz CT molecular complexity index is 405. The minimum absolute atomic E-state index is 0.290. The Hall–Kier alpha value is -1.55. The van der Waals surface area contributed by atoms with Crippen molar-refractivity contribution < 1.29 is 15.0 Å². The number of hydrogen-bond acceptors (Lipinski definition) is 3. The summed E-state index contributed by atoms with van der Waals surface area (Å²) in [7, 11) is 0. The van der Waals surface area contributed by atoms with E-state index in [0.29, 0.717) is 18.7 Å². The van der Waals surface area contributed by atoms with Gasteiger partial charge >= 0.3 is 5.97 Å². The maximum atomic E-state index is 11.0. The number of carbonyl (C=O) groups is 1. The highest BCUT2D eigenvalue weighted by atomic mass is 16.4. The average Bonchev–Trinajstić information content (AvgIpc) is 2.76. The van der Waals surface area contributed by atoms with Crippen LogP contribution in [0.2, 0.25) is 0 Å². The van der Waals surface area contributed by atoms with E-state index < -0.39 is 5.97 Å². The van der Waals surface area contributed by atoms with Crippen molar-refractivity contribution in [1.29, 1.82) is 0 Å². The van der Waals surface area contributed by atoms with Crippen LogP contribution in [0.15, 0.2) is 24.3 Å². The van der Waals surface area contributed by atoms with Gasteiger partial charge in [0.05, 0.1) is 0 Å². The lowest BCUT2D eigenvalue weighted by molar-refractivity contribution is -0.142. The fraction of sp³-hybridized carbons (Fsp3) is 0.462. The zero-order valence-electron chi connectivity index (χ0n) is 9.67. The molecule has 0 radical (unpaired) electrons. The Balaban J connectivity index is 1.94. The number of para-hydroxylation sites is 1. The SMILES string of the molecule is O=C(O)[C@@H]1CCCN1CCc1ccccc1O. The molecule has 2 rings (SSSR count). The van der Waals surface area contributed by atoms with Crippen LogP contribution in [0.3, 0.4) is 0 Å². The van der Waals surface area contributed by atoms with Crippen molar-refractivity contribution >= 4 is 5.97 Å². The first-order valence-electron chi connectivity index (χ1n) is 5.92. The van der Waals surface area contributed by atoms with Crippen LogP contribution in [-0.4, -0.2) is 40.2 Å². The number of hydrogen-bond donors (Lipinski definition) is 2. The van der Waals surface area contributed by atoms with Crippen LogP contribution in [-0.2, 0) is 11.2 Å². The molecule has 4 nitrogen and oxygen atoms in total. The minimum Gasteiger partial charge on any atom is -0.508 e. The molecule has 0 bridgehead atoms. The number of aromatic hydroxyl groups is 1. The van der Waals surface area contributed by atoms with Crippen molar-refractivity contribution in [2.24, 2.45) is 0 Å². The standard InChI is InChI=1S/C13H17NO3/c15-12-6-2-1-4-10(12)7-9-14-8-3-5-11(14)13(16)17/h1-2,4,6,11,15H,3,5,7-9H2,(H,16,17)/t11-/m0/s1. The van der Waals surface area contributed by atoms with Gasteiger partial charge in [-0.05, 0) is 37.4 Å². The van der Waals surface area contributed by atoms with Crippen LogP contribution >= 0.6 is 0 Å². The van der Waals surface area contributed by atoms with Gasteiger partial charge in [-0.3, -0.25) is 9.69 Å². The largest absolute Gasteiger partial charge is 0.508 e. The zero-order chi connectivity index (χ0) is 12.3. The van der Waals surface area contributed by atoms with Crippen molar-refractivity contribution in [2.45, 2.75) is 25.3 Å². The molecule has 0 saturated carbocycles. The van der Waals surface area contributed by atoms with Gasteiger partial charge in [0, 0.05) is 6.54 Å². The third kappa shape index (κ3) is 2.77. The molecule has 17 heavy (non-hydrogen) atoms. The van der Waals surface area contributed by atoms with E-state index in [1.165, 1.54) is 0 Å². The second kappa shape index (κ2) is 5.19. The number of likely N-dealkylation sites (tertiary alicyclic amines) is 1. The van der Waals surface area contributed by atoms with E-state index in [1.54, 1.807) is 12.1 Å². The molecule has 0 amide bonds. The quantitative estimate of drug-likeness (QED) is 0.830. The number of carboxylic acids is 1. The summed E-state index contributed by atoms with van der Waals surface area (Å²) in [6.07, 6.45) is 2.37. The Morgan fingerprint density at radius 1 is 1.41 bits per heavy atom. The molecular formula is C13H17NO3. The van der Waals surface area contributed by atoms with E-state index in [4.69, 9.17) is 5.11 Å². The maximum absolute atomic E-state index is 11.0. The summed E-state index contributed by atoms with van der Waals surface area (Å²) >= 11 is 0. The van der Waals surface area contributed by atoms with Crippen molar-refractivity contribution in [1.82, 2.24) is 4.90 Å². The van der Waals surface area contributed by atoms with Crippen molar-refractivity contribution in [3.63, 3.8) is 0 Å². The molecule has 1 saturated heterocycles. The van der Waals surface area contributed by atoms with Crippen LogP contribution in [0.25, 0.3) is 0 Å². The summed E-state index contributed by atoms with van der Waals surface area (Å²) in [6.45, 7) is 1.53. The highest BCUT2D eigenvalue weighted by molar-refractivity contribution is 5.73. The van der Waals surface area contributed by atoms with Crippen LogP contribution in [0.1, 0.15) is 18.4 Å². The van der Waals surface area contributed by atoms with E-state index in [2.05, 4.69) is 0 Å². The predicted molar refractivity (Wildman–Crippen MR) is 64.0 cm³/mol. The van der Waals surface area contributed by atoms with E-state index >= 15 is 0 Å². The molecular weight excluding hydrogens is 218 g/mol. The van der Waals surface area contributed by atoms with Gasteiger partial charge in [0.15, 0.2) is 0 Å². The summed E-state index contributed by atoms with van der Waals surface area (Å²) in [5, 5.41) is 18.7. The first-order valence-corrected chi connectivity index (χ1v) is 5.92. The highest BCUT2D eigenvalue weighted by Gasteiger charge is 2.29. The molecule has 2 N–H and O–H groups in total. The van der Waals surface area contributed by atoms with E-state index in [0.717, 1.165) is 24.9 Å². The van der Waals surface area contributed by atoms with Crippen LogP contribution in [0, 0.1) is 0 Å². The molecule has 1 aliphatic heterocycles. The molecule has 1 aromatic carbocycles. The summed E-state index contributed by atoms with van der Waals surface area (Å²) in [4.78, 5) is 13.0. The lowest BCUT2D eigenvalue weighted by Crippen LogP contribution is -2.37. The van der Waals surface area contributed by atoms with Crippen LogP contribution in [0.5, 0.6) is 5.75 Å². The van der Waals surface area contributed by atoms with E-state index in [-0.39, 0.29) is 6.04 Å². The van der Waals surface area contributed by atoms with Gasteiger partial charge < -0.3 is 10.2 Å². The molecule has 0 aliphatic carbocycles. The number of benzene rings is 1. The molecule has 4 heteroatoms. The van der Waals surface area contributed by atoms with Gasteiger partial charge in [0.1, 0.15) is 11.8 Å². The Labute approximate surface area is 100 Å². The zero-order valence-corrected chi connectivity index (χ0v) is 9.67. The number of rotatable bonds is 4. The van der Waals surface area contributed by atoms with Gasteiger partial charge in [-0.15, -0.1) is 0 Å². The minimum atomic E-state index is -0.736. The molecule has 0 unspecified atom stereocenters. The number of aliphatic carboxylic acids is 1. The summed E-state index contributed by atoms with van der Waals surface area (Å²) in [5.41, 5.74) is 0.878. The third-order valence-corrected chi connectivity index (χ3v) is 3.31. The first-order chi connectivity index (χ1) is 8.18. The fourth-order valence-corrected chi connectivity index (χ4v) is 2.36. The predicted octanol–water partition coefficient (Wildman–Crippen LogP) is 1.48. The van der Waals surface area contributed by atoms with Crippen molar-refractivity contribution in [3.05, 3.63) is 29.8 Å². The van der Waals surface area contributed by atoms with Crippen LogP contribution in [0.4, 0.5) is 0 Å². The second-order valence-electron chi connectivity index (χ2n) is 4.41. The number of carboxylic acid groups (broad SMARTS) is 1. The topological polar surface area (TPSA) is 60.8 Å². The van der Waals surface area contributed by atoms with Crippen molar-refractivity contribution in [2.75, 3.05) is 13.1 Å². The van der Waals surface area contributed by atoms with Gasteiger partial charge in [-0.25, -0.2) is 0 Å². The summed E-state index contributed by atoms with van der Waals surface area (Å²) < 4.78 is 0. The number of phenolic OH excluding ortho intramolecular Hbond substituents is 1. The lowest BCUT2D eigenvalue weighted by Gasteiger charge is -2.20. The summed E-state index contributed by atoms with van der Waals surface area (Å²) in [6, 6.07) is 6.86. The Kier molecular flexibility index (Phi) is 3.64. The second-order valence-corrected chi connectivity index (χ2v) is 4.41. The van der Waals surface area contributed by atoms with E-state index in [9.17, 15) is 9.90 Å². The average molecular weight is 235 g/mol. The fourth-order valence-electron chi connectivity index (χ4n) is 2.36. The molecule has 1 aromatic rings. The molecule has 1 heterocycles. The Morgan fingerprint density at radius 3 is 2.88 bits per heavy atom. The van der Waals surface area contributed by atoms with Gasteiger partial charge in [0.25, 0.3) is 0 Å². The van der Waals surface area contributed by atoms with E-state index in [1.807, 2.05) is 17.0 Å². The molecule has 92 valence electrons. The normalized spacial score (nSPS) is 20.6. The van der Waals surface area contributed by atoms with Gasteiger partial charge in [-0.1, -0.05) is 18.2 Å². The molecule has 1 fully saturated rings. The summed E-state index contributed by atoms with van der Waals surface area (Å²) in [5.74, 6) is -0.446. The smallest absolute Gasteiger partial charge is 0.320 e. The van der Waals surface area contributed by atoms with Crippen LogP contribution < -0.4 is 0 Å². The lowest BCUT2D eigenvalue weighted by atomic mass is 10.1.